The van der Waals surface area contributed by atoms with Crippen LogP contribution in [0.15, 0.2) is 42.5 Å². The van der Waals surface area contributed by atoms with Gasteiger partial charge < -0.3 is 9.47 Å². The molecule has 0 N–H and O–H groups in total. The molecule has 3 heteroatoms. The van der Waals surface area contributed by atoms with Crippen LogP contribution in [0.5, 0.6) is 0 Å². The molecule has 0 saturated carbocycles. The number of benzene rings is 1. The predicted molar refractivity (Wildman–Crippen MR) is 93.1 cm³/mol. The van der Waals surface area contributed by atoms with Crippen molar-refractivity contribution in [3.05, 3.63) is 53.6 Å². The first-order valence-electron chi connectivity index (χ1n) is 8.45. The molecule has 1 aromatic carbocycles. The minimum atomic E-state index is -1.33. The average Bonchev–Trinajstić information content (AvgIpc) is 2.56. The zero-order valence-corrected chi connectivity index (χ0v) is 14.1. The molecule has 2 nitrogen and oxygen atoms in total. The van der Waals surface area contributed by atoms with Crippen LogP contribution in [0.25, 0.3) is 6.08 Å². The van der Waals surface area contributed by atoms with Crippen molar-refractivity contribution in [1.82, 2.24) is 0 Å². The third-order valence-electron chi connectivity index (χ3n) is 3.97. The monoisotopic (exact) mass is 318 g/mol. The van der Waals surface area contributed by atoms with Crippen LogP contribution in [0.4, 0.5) is 4.39 Å². The molecule has 0 bridgehead atoms. The lowest BCUT2D eigenvalue weighted by atomic mass is 10.0. The Morgan fingerprint density at radius 1 is 1.22 bits per heavy atom. The minimum absolute atomic E-state index is 0.111. The van der Waals surface area contributed by atoms with Crippen LogP contribution in [-0.2, 0) is 15.9 Å². The van der Waals surface area contributed by atoms with E-state index in [2.05, 4.69) is 36.4 Å². The van der Waals surface area contributed by atoms with E-state index in [1.165, 1.54) is 5.56 Å². The molecule has 0 spiro atoms. The quantitative estimate of drug-likeness (QED) is 0.652. The van der Waals surface area contributed by atoms with Crippen molar-refractivity contribution in [3.8, 4) is 0 Å². The molecule has 1 aliphatic rings. The van der Waals surface area contributed by atoms with E-state index < -0.39 is 12.0 Å². The van der Waals surface area contributed by atoms with E-state index >= 15 is 0 Å². The molecule has 2 rings (SSSR count). The highest BCUT2D eigenvalue weighted by Crippen LogP contribution is 2.25. The number of rotatable bonds is 7. The van der Waals surface area contributed by atoms with Crippen LogP contribution in [0.3, 0.4) is 0 Å². The maximum atomic E-state index is 14.2. The molecule has 1 saturated heterocycles. The van der Waals surface area contributed by atoms with E-state index in [-0.39, 0.29) is 13.2 Å². The number of halogens is 1. The van der Waals surface area contributed by atoms with E-state index in [0.717, 1.165) is 24.8 Å². The normalized spacial score (nSPS) is 25.4. The molecule has 0 aromatic heterocycles. The Morgan fingerprint density at radius 2 is 1.91 bits per heavy atom. The van der Waals surface area contributed by atoms with Crippen molar-refractivity contribution >= 4 is 6.08 Å². The van der Waals surface area contributed by atoms with Gasteiger partial charge >= 0.3 is 0 Å². The lowest BCUT2D eigenvalue weighted by Gasteiger charge is -2.32. The van der Waals surface area contributed by atoms with Gasteiger partial charge in [0, 0.05) is 0 Å². The van der Waals surface area contributed by atoms with Gasteiger partial charge in [0.1, 0.15) is 0 Å². The number of aryl methyl sites for hydroxylation is 1. The molecule has 0 aliphatic carbocycles. The van der Waals surface area contributed by atoms with Gasteiger partial charge in [0.2, 0.25) is 0 Å². The van der Waals surface area contributed by atoms with Gasteiger partial charge in [0.25, 0.3) is 0 Å². The van der Waals surface area contributed by atoms with Crippen molar-refractivity contribution < 1.29 is 13.9 Å². The Hall–Kier alpha value is -1.45. The van der Waals surface area contributed by atoms with Gasteiger partial charge in [-0.2, -0.15) is 0 Å². The highest BCUT2D eigenvalue weighted by molar-refractivity contribution is 5.50. The van der Waals surface area contributed by atoms with Crippen LogP contribution >= 0.6 is 0 Å². The zero-order valence-electron chi connectivity index (χ0n) is 14.1. The molecular weight excluding hydrogens is 291 g/mol. The summed E-state index contributed by atoms with van der Waals surface area (Å²) in [5.41, 5.74) is 1.10. The largest absolute Gasteiger partial charge is 0.346 e. The lowest BCUT2D eigenvalue weighted by Crippen LogP contribution is -2.43. The summed E-state index contributed by atoms with van der Waals surface area (Å²) in [6.07, 6.45) is 11.0. The fraction of sp³-hybridized carbons (Fsp3) is 0.500. The third kappa shape index (κ3) is 5.92. The van der Waals surface area contributed by atoms with E-state index in [9.17, 15) is 4.39 Å². The van der Waals surface area contributed by atoms with Crippen LogP contribution < -0.4 is 0 Å². The Bertz CT molecular complexity index is 511. The summed E-state index contributed by atoms with van der Waals surface area (Å²) < 4.78 is 25.1. The summed E-state index contributed by atoms with van der Waals surface area (Å²) in [6.45, 7) is 4.23. The second-order valence-corrected chi connectivity index (χ2v) is 6.10. The molecule has 0 unspecified atom stereocenters. The highest BCUT2D eigenvalue weighted by atomic mass is 19.1. The molecule has 0 amide bonds. The first-order valence-corrected chi connectivity index (χ1v) is 8.45. The second kappa shape index (κ2) is 8.99. The number of hydrogen-bond donors (Lipinski definition) is 0. The second-order valence-electron chi connectivity index (χ2n) is 6.10. The fourth-order valence-corrected chi connectivity index (χ4v) is 2.66. The number of allylic oxidation sites excluding steroid dienone is 2. The van der Waals surface area contributed by atoms with Gasteiger partial charge in [0.05, 0.1) is 13.2 Å². The summed E-state index contributed by atoms with van der Waals surface area (Å²) in [4.78, 5) is 0. The smallest absolute Gasteiger partial charge is 0.177 e. The predicted octanol–water partition coefficient (Wildman–Crippen LogP) is 5.09. The zero-order chi connectivity index (χ0) is 16.5. The van der Waals surface area contributed by atoms with Crippen molar-refractivity contribution in [3.63, 3.8) is 0 Å². The topological polar surface area (TPSA) is 18.5 Å². The molecule has 1 fully saturated rings. The summed E-state index contributed by atoms with van der Waals surface area (Å²) >= 11 is 0. The Balaban J connectivity index is 1.82. The maximum Gasteiger partial charge on any atom is 0.177 e. The first-order chi connectivity index (χ1) is 11.1. The van der Waals surface area contributed by atoms with Gasteiger partial charge in [-0.25, -0.2) is 4.39 Å². The molecular formula is C20H27FO2. The summed E-state index contributed by atoms with van der Waals surface area (Å²) in [5.74, 6) is 0. The molecule has 23 heavy (non-hydrogen) atoms. The van der Waals surface area contributed by atoms with Crippen molar-refractivity contribution in [1.29, 1.82) is 0 Å². The van der Waals surface area contributed by atoms with Gasteiger partial charge in [-0.1, -0.05) is 55.8 Å². The van der Waals surface area contributed by atoms with Crippen LogP contribution in [0.2, 0.25) is 0 Å². The third-order valence-corrected chi connectivity index (χ3v) is 3.97. The summed E-state index contributed by atoms with van der Waals surface area (Å²) in [5, 5.41) is 0. The SMILES string of the molecule is C/C=C/CCc1ccc(/C=C/C2OCC(F)(CCC)CO2)cc1. The minimum Gasteiger partial charge on any atom is -0.346 e. The molecule has 1 aromatic rings. The van der Waals surface area contributed by atoms with Crippen molar-refractivity contribution in [2.45, 2.75) is 51.5 Å². The molecule has 0 atom stereocenters. The first kappa shape index (κ1) is 17.9. The van der Waals surface area contributed by atoms with Crippen molar-refractivity contribution in [2.24, 2.45) is 0 Å². The Labute approximate surface area is 139 Å². The highest BCUT2D eigenvalue weighted by Gasteiger charge is 2.35. The van der Waals surface area contributed by atoms with E-state index in [0.29, 0.717) is 6.42 Å². The van der Waals surface area contributed by atoms with Gasteiger partial charge in [-0.15, -0.1) is 0 Å². The van der Waals surface area contributed by atoms with Crippen LogP contribution in [0, 0.1) is 0 Å². The molecule has 1 aliphatic heterocycles. The summed E-state index contributed by atoms with van der Waals surface area (Å²) in [7, 11) is 0. The number of hydrogen-bond acceptors (Lipinski definition) is 2. The lowest BCUT2D eigenvalue weighted by molar-refractivity contribution is -0.212. The standard InChI is InChI=1S/C20H27FO2/c1-3-5-6-7-17-8-10-18(11-9-17)12-13-19-22-15-20(21,14-4-2)16-23-19/h3,5,8-13,19H,4,6-7,14-16H2,1-2H3/b5-3+,13-12+. The Morgan fingerprint density at radius 3 is 2.52 bits per heavy atom. The Kier molecular flexibility index (Phi) is 7.00. The van der Waals surface area contributed by atoms with Gasteiger partial charge in [-0.3, -0.25) is 0 Å². The maximum absolute atomic E-state index is 14.2. The number of alkyl halides is 1. The van der Waals surface area contributed by atoms with Crippen LogP contribution in [0.1, 0.15) is 44.2 Å². The van der Waals surface area contributed by atoms with E-state index in [4.69, 9.17) is 9.47 Å². The molecule has 126 valence electrons. The average molecular weight is 318 g/mol. The van der Waals surface area contributed by atoms with Crippen LogP contribution in [-0.4, -0.2) is 25.2 Å². The molecule has 0 radical (unpaired) electrons. The fourth-order valence-electron chi connectivity index (χ4n) is 2.66. The summed E-state index contributed by atoms with van der Waals surface area (Å²) in [6, 6.07) is 8.45. The van der Waals surface area contributed by atoms with E-state index in [1.54, 1.807) is 0 Å². The van der Waals surface area contributed by atoms with Crippen molar-refractivity contribution in [2.75, 3.05) is 13.2 Å². The van der Waals surface area contributed by atoms with E-state index in [1.807, 2.05) is 26.0 Å². The van der Waals surface area contributed by atoms with Gasteiger partial charge in [-0.05, 0) is 43.4 Å². The van der Waals surface area contributed by atoms with Gasteiger partial charge in [0.15, 0.2) is 12.0 Å². The molecule has 1 heterocycles. The number of ether oxygens (including phenoxy) is 2.